The monoisotopic (exact) mass is 410 g/mol. The number of fused-ring (bicyclic) bond motifs is 1. The third-order valence-corrected chi connectivity index (χ3v) is 4.85. The van der Waals surface area contributed by atoms with Gasteiger partial charge in [0.15, 0.2) is 6.61 Å². The van der Waals surface area contributed by atoms with Crippen molar-refractivity contribution >= 4 is 34.8 Å². The smallest absolute Gasteiger partial charge is 0.265 e. The van der Waals surface area contributed by atoms with E-state index >= 15 is 0 Å². The summed E-state index contributed by atoms with van der Waals surface area (Å²) >= 11 is 5.96. The van der Waals surface area contributed by atoms with E-state index in [-0.39, 0.29) is 23.1 Å². The van der Waals surface area contributed by atoms with Gasteiger partial charge in [0, 0.05) is 5.69 Å². The molecule has 0 radical (unpaired) electrons. The first-order chi connectivity index (χ1) is 14.0. The zero-order valence-corrected chi connectivity index (χ0v) is 15.9. The van der Waals surface area contributed by atoms with Crippen molar-refractivity contribution in [3.8, 4) is 5.75 Å². The number of nitrogens with zero attached hydrogens (tertiary/aromatic N) is 1. The lowest BCUT2D eigenvalue weighted by Crippen LogP contribution is -2.38. The Hall–Kier alpha value is -3.38. The van der Waals surface area contributed by atoms with E-state index < -0.39 is 11.7 Å². The Balaban J connectivity index is 1.63. The van der Waals surface area contributed by atoms with Gasteiger partial charge in [-0.3, -0.25) is 9.59 Å². The summed E-state index contributed by atoms with van der Waals surface area (Å²) in [4.78, 5) is 26.6. The van der Waals surface area contributed by atoms with Crippen LogP contribution in [0.4, 0.5) is 15.8 Å². The van der Waals surface area contributed by atoms with Gasteiger partial charge in [0.2, 0.25) is 0 Å². The number of amides is 2. The van der Waals surface area contributed by atoms with Gasteiger partial charge < -0.3 is 15.0 Å². The van der Waals surface area contributed by atoms with Crippen molar-refractivity contribution in [2.24, 2.45) is 0 Å². The van der Waals surface area contributed by atoms with Crippen LogP contribution in [0.2, 0.25) is 5.02 Å². The summed E-state index contributed by atoms with van der Waals surface area (Å²) in [5, 5.41) is 2.65. The number of nitrogens with one attached hydrogen (secondary N) is 1. The molecule has 0 atom stereocenters. The van der Waals surface area contributed by atoms with Crippen molar-refractivity contribution in [1.29, 1.82) is 0 Å². The van der Waals surface area contributed by atoms with Gasteiger partial charge in [0.1, 0.15) is 11.6 Å². The van der Waals surface area contributed by atoms with Gasteiger partial charge in [0.25, 0.3) is 11.8 Å². The van der Waals surface area contributed by atoms with Crippen molar-refractivity contribution in [1.82, 2.24) is 0 Å². The molecule has 3 aromatic rings. The lowest BCUT2D eigenvalue weighted by molar-refractivity contribution is -0.121. The molecule has 1 N–H and O–H groups in total. The quantitative estimate of drug-likeness (QED) is 0.680. The molecule has 0 saturated carbocycles. The van der Waals surface area contributed by atoms with E-state index in [4.69, 9.17) is 16.3 Å². The van der Waals surface area contributed by atoms with Crippen LogP contribution >= 0.6 is 11.6 Å². The molecule has 0 fully saturated rings. The van der Waals surface area contributed by atoms with E-state index in [1.807, 2.05) is 30.3 Å². The number of carbonyl (C=O) groups excluding carboxylic acids is 2. The predicted octanol–water partition coefficient (Wildman–Crippen LogP) is 4.66. The summed E-state index contributed by atoms with van der Waals surface area (Å²) in [6.07, 6.45) is 0. The topological polar surface area (TPSA) is 58.6 Å². The number of ether oxygens (including phenoxy) is 1. The van der Waals surface area contributed by atoms with Gasteiger partial charge in [-0.15, -0.1) is 0 Å². The normalized spacial score (nSPS) is 12.9. The minimum atomic E-state index is -0.711. The molecule has 0 spiro atoms. The van der Waals surface area contributed by atoms with E-state index in [2.05, 4.69) is 5.32 Å². The summed E-state index contributed by atoms with van der Waals surface area (Å²) in [6, 6.07) is 18.5. The summed E-state index contributed by atoms with van der Waals surface area (Å²) < 4.78 is 19.5. The molecule has 0 unspecified atom stereocenters. The molecule has 1 heterocycles. The van der Waals surface area contributed by atoms with Gasteiger partial charge >= 0.3 is 0 Å². The van der Waals surface area contributed by atoms with Crippen LogP contribution in [-0.2, 0) is 11.3 Å². The minimum Gasteiger partial charge on any atom is -0.482 e. The number of anilines is 2. The molecule has 7 heteroatoms. The zero-order chi connectivity index (χ0) is 20.4. The van der Waals surface area contributed by atoms with E-state index in [0.29, 0.717) is 23.7 Å². The van der Waals surface area contributed by atoms with Crippen LogP contribution in [0.25, 0.3) is 0 Å². The molecule has 146 valence electrons. The summed E-state index contributed by atoms with van der Waals surface area (Å²) in [5.74, 6) is -1.05. The Morgan fingerprint density at radius 2 is 1.90 bits per heavy atom. The van der Waals surface area contributed by atoms with Crippen LogP contribution in [0.15, 0.2) is 66.7 Å². The molecule has 29 heavy (non-hydrogen) atoms. The van der Waals surface area contributed by atoms with Crippen LogP contribution in [-0.4, -0.2) is 18.4 Å². The molecule has 0 bridgehead atoms. The molecule has 2 amide bonds. The lowest BCUT2D eigenvalue weighted by atomic mass is 10.1. The highest BCUT2D eigenvalue weighted by atomic mass is 35.5. The first kappa shape index (κ1) is 19.0. The average molecular weight is 411 g/mol. The fourth-order valence-corrected chi connectivity index (χ4v) is 3.38. The third-order valence-electron chi connectivity index (χ3n) is 4.53. The number of hydrogen-bond acceptors (Lipinski definition) is 3. The molecule has 5 nitrogen and oxygen atoms in total. The summed E-state index contributed by atoms with van der Waals surface area (Å²) in [5.41, 5.74) is 1.65. The van der Waals surface area contributed by atoms with Crippen molar-refractivity contribution in [2.75, 3.05) is 16.8 Å². The first-order valence-electron chi connectivity index (χ1n) is 8.89. The minimum absolute atomic E-state index is 0.0182. The molecule has 0 aliphatic carbocycles. The summed E-state index contributed by atoms with van der Waals surface area (Å²) in [6.45, 7) is 0.308. The zero-order valence-electron chi connectivity index (χ0n) is 15.2. The van der Waals surface area contributed by atoms with Crippen molar-refractivity contribution in [3.63, 3.8) is 0 Å². The van der Waals surface area contributed by atoms with Gasteiger partial charge in [-0.1, -0.05) is 48.0 Å². The van der Waals surface area contributed by atoms with Crippen LogP contribution < -0.4 is 15.0 Å². The molecular weight excluding hydrogens is 395 g/mol. The van der Waals surface area contributed by atoms with Gasteiger partial charge in [0.05, 0.1) is 22.8 Å². The van der Waals surface area contributed by atoms with E-state index in [1.165, 1.54) is 18.2 Å². The number of benzene rings is 3. The molecular formula is C22H16ClFN2O3. The Kier molecular flexibility index (Phi) is 5.18. The van der Waals surface area contributed by atoms with Crippen molar-refractivity contribution < 1.29 is 18.7 Å². The van der Waals surface area contributed by atoms with E-state index in [1.54, 1.807) is 23.1 Å². The Bertz CT molecular complexity index is 1070. The maximum atomic E-state index is 14.0. The third kappa shape index (κ3) is 3.93. The largest absolute Gasteiger partial charge is 0.482 e. The fraction of sp³-hybridized carbons (Fsp3) is 0.0909. The van der Waals surface area contributed by atoms with Gasteiger partial charge in [-0.2, -0.15) is 0 Å². The Morgan fingerprint density at radius 3 is 2.66 bits per heavy atom. The first-order valence-corrected chi connectivity index (χ1v) is 9.27. The highest BCUT2D eigenvalue weighted by Crippen LogP contribution is 2.36. The second-order valence-corrected chi connectivity index (χ2v) is 6.89. The van der Waals surface area contributed by atoms with E-state index in [0.717, 1.165) is 5.56 Å². The molecule has 3 aromatic carbocycles. The van der Waals surface area contributed by atoms with Crippen LogP contribution in [0.5, 0.6) is 5.75 Å². The fourth-order valence-electron chi connectivity index (χ4n) is 3.13. The maximum absolute atomic E-state index is 14.0. The highest BCUT2D eigenvalue weighted by Gasteiger charge is 2.26. The second-order valence-electron chi connectivity index (χ2n) is 6.49. The number of rotatable bonds is 4. The molecule has 1 aliphatic rings. The average Bonchev–Trinajstić information content (AvgIpc) is 2.71. The van der Waals surface area contributed by atoms with Gasteiger partial charge in [-0.25, -0.2) is 4.39 Å². The van der Waals surface area contributed by atoms with Crippen molar-refractivity contribution in [2.45, 2.75) is 6.54 Å². The second kappa shape index (κ2) is 7.93. The van der Waals surface area contributed by atoms with Crippen LogP contribution in [0.3, 0.4) is 0 Å². The number of hydrogen-bond donors (Lipinski definition) is 1. The van der Waals surface area contributed by atoms with Crippen LogP contribution in [0, 0.1) is 5.82 Å². The maximum Gasteiger partial charge on any atom is 0.265 e. The summed E-state index contributed by atoms with van der Waals surface area (Å²) in [7, 11) is 0. The number of carbonyl (C=O) groups is 2. The SMILES string of the molecule is O=C(Nc1ccc2c(c1)N(Cc1ccccc1)C(=O)CO2)c1c(F)cccc1Cl. The highest BCUT2D eigenvalue weighted by molar-refractivity contribution is 6.34. The standard InChI is InChI=1S/C22H16ClFN2O3/c23-16-7-4-8-17(24)21(16)22(28)25-15-9-10-19-18(11-15)26(20(27)13-29-19)12-14-5-2-1-3-6-14/h1-11H,12-13H2,(H,25,28). The molecule has 0 saturated heterocycles. The lowest BCUT2D eigenvalue weighted by Gasteiger charge is -2.30. The Morgan fingerprint density at radius 1 is 1.10 bits per heavy atom. The molecule has 0 aromatic heterocycles. The predicted molar refractivity (Wildman–Crippen MR) is 109 cm³/mol. The van der Waals surface area contributed by atoms with Gasteiger partial charge in [-0.05, 0) is 35.9 Å². The van der Waals surface area contributed by atoms with Crippen molar-refractivity contribution in [3.05, 3.63) is 88.7 Å². The molecule has 4 rings (SSSR count). The molecule has 1 aliphatic heterocycles. The van der Waals surface area contributed by atoms with E-state index in [9.17, 15) is 14.0 Å². The van der Waals surface area contributed by atoms with Crippen LogP contribution in [0.1, 0.15) is 15.9 Å². The Labute approximate surface area is 171 Å². The number of halogens is 2.